The molecule has 2 amide bonds. The van der Waals surface area contributed by atoms with E-state index in [-0.39, 0.29) is 18.2 Å². The molecular weight excluding hydrogens is 260 g/mol. The van der Waals surface area contributed by atoms with Crippen molar-refractivity contribution in [2.45, 2.75) is 19.1 Å². The van der Waals surface area contributed by atoms with Crippen molar-refractivity contribution in [1.29, 1.82) is 0 Å². The molecule has 0 aliphatic carbocycles. The monoisotopic (exact) mass is 280 g/mol. The molecule has 6 heteroatoms. The van der Waals surface area contributed by atoms with Crippen LogP contribution in [0.5, 0.6) is 5.75 Å². The highest BCUT2D eigenvalue weighted by atomic mass is 16.5. The van der Waals surface area contributed by atoms with Gasteiger partial charge in [-0.2, -0.15) is 0 Å². The Morgan fingerprint density at radius 2 is 2.30 bits per heavy atom. The van der Waals surface area contributed by atoms with Crippen molar-refractivity contribution >= 4 is 11.7 Å². The van der Waals surface area contributed by atoms with Crippen molar-refractivity contribution < 1.29 is 19.0 Å². The maximum absolute atomic E-state index is 11.9. The van der Waals surface area contributed by atoms with Crippen LogP contribution in [-0.2, 0) is 9.47 Å². The minimum atomic E-state index is -0.279. The topological polar surface area (TPSA) is 68.8 Å². The molecule has 2 atom stereocenters. The van der Waals surface area contributed by atoms with Gasteiger partial charge in [0.15, 0.2) is 0 Å². The van der Waals surface area contributed by atoms with E-state index >= 15 is 0 Å². The highest BCUT2D eigenvalue weighted by Crippen LogP contribution is 2.17. The van der Waals surface area contributed by atoms with E-state index in [0.717, 1.165) is 0 Å². The summed E-state index contributed by atoms with van der Waals surface area (Å²) in [6.45, 7) is 3.50. The molecule has 1 aliphatic heterocycles. The molecule has 0 bridgehead atoms. The lowest BCUT2D eigenvalue weighted by Gasteiger charge is -2.19. The Morgan fingerprint density at radius 1 is 1.45 bits per heavy atom. The first-order valence-corrected chi connectivity index (χ1v) is 6.64. The molecule has 1 fully saturated rings. The lowest BCUT2D eigenvalue weighted by Crippen LogP contribution is -2.45. The SMILES string of the molecule is CCO[C@@H]1COC[C@H]1NC(=O)Nc1cccc(OC)c1. The second kappa shape index (κ2) is 7.12. The number of methoxy groups -OCH3 is 1. The normalized spacial score (nSPS) is 21.5. The molecule has 0 saturated carbocycles. The Bertz CT molecular complexity index is 453. The average molecular weight is 280 g/mol. The Labute approximate surface area is 118 Å². The van der Waals surface area contributed by atoms with Gasteiger partial charge in [-0.1, -0.05) is 6.07 Å². The predicted octanol–water partition coefficient (Wildman–Crippen LogP) is 1.62. The second-order valence-electron chi connectivity index (χ2n) is 4.47. The van der Waals surface area contributed by atoms with Gasteiger partial charge in [0.1, 0.15) is 11.9 Å². The summed E-state index contributed by atoms with van der Waals surface area (Å²) < 4.78 is 15.9. The summed E-state index contributed by atoms with van der Waals surface area (Å²) in [5.74, 6) is 0.694. The molecule has 2 rings (SSSR count). The first-order valence-electron chi connectivity index (χ1n) is 6.64. The number of rotatable bonds is 5. The van der Waals surface area contributed by atoms with Gasteiger partial charge >= 0.3 is 6.03 Å². The highest BCUT2D eigenvalue weighted by Gasteiger charge is 2.29. The molecule has 110 valence electrons. The largest absolute Gasteiger partial charge is 0.497 e. The number of benzene rings is 1. The van der Waals surface area contributed by atoms with E-state index in [1.807, 2.05) is 19.1 Å². The van der Waals surface area contributed by atoms with Gasteiger partial charge in [0, 0.05) is 18.4 Å². The number of anilines is 1. The van der Waals surface area contributed by atoms with E-state index in [2.05, 4.69) is 10.6 Å². The number of carbonyl (C=O) groups excluding carboxylic acids is 1. The molecule has 1 heterocycles. The molecule has 2 N–H and O–H groups in total. The molecule has 1 aromatic carbocycles. The lowest BCUT2D eigenvalue weighted by molar-refractivity contribution is 0.0428. The zero-order valence-corrected chi connectivity index (χ0v) is 11.7. The van der Waals surface area contributed by atoms with Crippen LogP contribution in [0.4, 0.5) is 10.5 Å². The Morgan fingerprint density at radius 3 is 3.05 bits per heavy atom. The van der Waals surface area contributed by atoms with Crippen molar-refractivity contribution in [3.63, 3.8) is 0 Å². The third kappa shape index (κ3) is 3.85. The molecule has 0 unspecified atom stereocenters. The van der Waals surface area contributed by atoms with Crippen LogP contribution in [-0.4, -0.2) is 45.1 Å². The first-order chi connectivity index (χ1) is 9.72. The zero-order valence-electron chi connectivity index (χ0n) is 11.7. The fourth-order valence-electron chi connectivity index (χ4n) is 2.08. The van der Waals surface area contributed by atoms with Crippen molar-refractivity contribution in [2.24, 2.45) is 0 Å². The summed E-state index contributed by atoms with van der Waals surface area (Å²) in [7, 11) is 1.59. The third-order valence-corrected chi connectivity index (χ3v) is 3.05. The van der Waals surface area contributed by atoms with Gasteiger partial charge in [-0.05, 0) is 19.1 Å². The summed E-state index contributed by atoms with van der Waals surface area (Å²) >= 11 is 0. The smallest absolute Gasteiger partial charge is 0.319 e. The van der Waals surface area contributed by atoms with Gasteiger partial charge in [-0.15, -0.1) is 0 Å². The first kappa shape index (κ1) is 14.6. The standard InChI is InChI=1S/C14H20N2O4/c1-3-20-13-9-19-8-12(13)16-14(17)15-10-5-4-6-11(7-10)18-2/h4-7,12-13H,3,8-9H2,1-2H3,(H2,15,16,17)/t12-,13-/m1/s1. The zero-order chi connectivity index (χ0) is 14.4. The second-order valence-corrected chi connectivity index (χ2v) is 4.47. The van der Waals surface area contributed by atoms with Crippen LogP contribution in [0.2, 0.25) is 0 Å². The summed E-state index contributed by atoms with van der Waals surface area (Å²) in [6.07, 6.45) is -0.0870. The number of ether oxygens (including phenoxy) is 3. The van der Waals surface area contributed by atoms with Crippen molar-refractivity contribution in [3.05, 3.63) is 24.3 Å². The van der Waals surface area contributed by atoms with Gasteiger partial charge in [0.05, 0.1) is 26.4 Å². The van der Waals surface area contributed by atoms with Crippen LogP contribution in [0.1, 0.15) is 6.92 Å². The van der Waals surface area contributed by atoms with E-state index < -0.39 is 0 Å². The number of nitrogens with one attached hydrogen (secondary N) is 2. The van der Waals surface area contributed by atoms with E-state index in [0.29, 0.717) is 31.3 Å². The quantitative estimate of drug-likeness (QED) is 0.860. The van der Waals surface area contributed by atoms with Crippen molar-refractivity contribution in [1.82, 2.24) is 5.32 Å². The van der Waals surface area contributed by atoms with Crippen LogP contribution >= 0.6 is 0 Å². The van der Waals surface area contributed by atoms with Gasteiger partial charge in [-0.25, -0.2) is 4.79 Å². The number of hydrogen-bond acceptors (Lipinski definition) is 4. The van der Waals surface area contributed by atoms with Crippen LogP contribution in [0.3, 0.4) is 0 Å². The Balaban J connectivity index is 1.88. The summed E-state index contributed by atoms with van der Waals surface area (Å²) in [5.41, 5.74) is 0.675. The predicted molar refractivity (Wildman–Crippen MR) is 75.2 cm³/mol. The molecule has 1 saturated heterocycles. The Kier molecular flexibility index (Phi) is 5.20. The number of carbonyl (C=O) groups is 1. The van der Waals surface area contributed by atoms with E-state index in [1.165, 1.54) is 0 Å². The van der Waals surface area contributed by atoms with Gasteiger partial charge in [0.25, 0.3) is 0 Å². The van der Waals surface area contributed by atoms with Crippen LogP contribution in [0.15, 0.2) is 24.3 Å². The number of hydrogen-bond donors (Lipinski definition) is 2. The summed E-state index contributed by atoms with van der Waals surface area (Å²) in [4.78, 5) is 11.9. The fraction of sp³-hybridized carbons (Fsp3) is 0.500. The Hall–Kier alpha value is -1.79. The van der Waals surface area contributed by atoms with Crippen LogP contribution in [0.25, 0.3) is 0 Å². The lowest BCUT2D eigenvalue weighted by atomic mass is 10.2. The van der Waals surface area contributed by atoms with Gasteiger partial charge in [0.2, 0.25) is 0 Å². The molecule has 0 aromatic heterocycles. The van der Waals surface area contributed by atoms with E-state index in [4.69, 9.17) is 14.2 Å². The van der Waals surface area contributed by atoms with Gasteiger partial charge < -0.3 is 24.8 Å². The van der Waals surface area contributed by atoms with Crippen molar-refractivity contribution in [3.8, 4) is 5.75 Å². The molecule has 0 spiro atoms. The van der Waals surface area contributed by atoms with Crippen LogP contribution in [0, 0.1) is 0 Å². The molecule has 1 aliphatic rings. The minimum Gasteiger partial charge on any atom is -0.497 e. The molecule has 20 heavy (non-hydrogen) atoms. The molecular formula is C14H20N2O4. The van der Waals surface area contributed by atoms with Crippen LogP contribution < -0.4 is 15.4 Å². The van der Waals surface area contributed by atoms with E-state index in [1.54, 1.807) is 19.2 Å². The molecule has 0 radical (unpaired) electrons. The van der Waals surface area contributed by atoms with E-state index in [9.17, 15) is 4.79 Å². The van der Waals surface area contributed by atoms with Crippen molar-refractivity contribution in [2.75, 3.05) is 32.2 Å². The summed E-state index contributed by atoms with van der Waals surface area (Å²) in [5, 5.41) is 5.62. The number of urea groups is 1. The third-order valence-electron chi connectivity index (χ3n) is 3.05. The number of amides is 2. The highest BCUT2D eigenvalue weighted by molar-refractivity contribution is 5.89. The molecule has 6 nitrogen and oxygen atoms in total. The minimum absolute atomic E-state index is 0.0870. The molecule has 1 aromatic rings. The maximum Gasteiger partial charge on any atom is 0.319 e. The maximum atomic E-state index is 11.9. The average Bonchev–Trinajstić information content (AvgIpc) is 2.86. The van der Waals surface area contributed by atoms with Gasteiger partial charge in [-0.3, -0.25) is 0 Å². The fourth-order valence-corrected chi connectivity index (χ4v) is 2.08. The summed E-state index contributed by atoms with van der Waals surface area (Å²) in [6, 6.07) is 6.78.